The first kappa shape index (κ1) is 15.6. The van der Waals surface area contributed by atoms with Crippen LogP contribution in [0.4, 0.5) is 19.3 Å². The number of hydrogen-bond donors (Lipinski definition) is 2. The number of carbonyl (C=O) groups excluding carboxylic acids is 1. The molecule has 1 heterocycles. The zero-order chi connectivity index (χ0) is 15.3. The molecule has 0 radical (unpaired) electrons. The van der Waals surface area contributed by atoms with Crippen molar-refractivity contribution < 1.29 is 13.6 Å². The normalized spacial score (nSPS) is 20.2. The van der Waals surface area contributed by atoms with Crippen LogP contribution in [0.3, 0.4) is 0 Å². The second-order valence-electron chi connectivity index (χ2n) is 5.38. The smallest absolute Gasteiger partial charge is 0.319 e. The zero-order valence-electron chi connectivity index (χ0n) is 12.0. The number of nitrogens with one attached hydrogen (secondary N) is 2. The molecular weight excluding hydrogens is 278 g/mol. The molecule has 5 nitrogen and oxygen atoms in total. The van der Waals surface area contributed by atoms with Gasteiger partial charge in [-0.05, 0) is 18.8 Å². The summed E-state index contributed by atoms with van der Waals surface area (Å²) in [6, 6.07) is -0.368. The molecule has 1 atom stereocenters. The average molecular weight is 298 g/mol. The predicted molar refractivity (Wildman–Crippen MR) is 75.3 cm³/mol. The predicted octanol–water partition coefficient (Wildman–Crippen LogP) is 2.99. The highest BCUT2D eigenvalue weighted by molar-refractivity contribution is 5.88. The summed E-state index contributed by atoms with van der Waals surface area (Å²) in [6.45, 7) is 2.34. The SMILES string of the molecule is CCc1ncc(NC(=O)NCC[C@H]2CCC(F)(F)C2)cn1. The van der Waals surface area contributed by atoms with Gasteiger partial charge < -0.3 is 10.6 Å². The molecule has 21 heavy (non-hydrogen) atoms. The van der Waals surface area contributed by atoms with E-state index in [9.17, 15) is 13.6 Å². The van der Waals surface area contributed by atoms with Crippen LogP contribution in [0.15, 0.2) is 12.4 Å². The highest BCUT2D eigenvalue weighted by Gasteiger charge is 2.38. The van der Waals surface area contributed by atoms with Crippen molar-refractivity contribution >= 4 is 11.7 Å². The van der Waals surface area contributed by atoms with Gasteiger partial charge in [0.1, 0.15) is 5.82 Å². The van der Waals surface area contributed by atoms with Crippen molar-refractivity contribution in [3.63, 3.8) is 0 Å². The van der Waals surface area contributed by atoms with Crippen molar-refractivity contribution in [1.82, 2.24) is 15.3 Å². The monoisotopic (exact) mass is 298 g/mol. The maximum Gasteiger partial charge on any atom is 0.319 e. The molecule has 1 aliphatic carbocycles. The third kappa shape index (κ3) is 4.91. The second kappa shape index (κ2) is 6.78. The minimum absolute atomic E-state index is 0.00697. The summed E-state index contributed by atoms with van der Waals surface area (Å²) >= 11 is 0. The van der Waals surface area contributed by atoms with Crippen molar-refractivity contribution in [3.05, 3.63) is 18.2 Å². The summed E-state index contributed by atoms with van der Waals surface area (Å²) in [5.74, 6) is -1.82. The fourth-order valence-electron chi connectivity index (χ4n) is 2.46. The molecule has 2 N–H and O–H groups in total. The molecule has 0 bridgehead atoms. The number of rotatable bonds is 5. The van der Waals surface area contributed by atoms with E-state index in [1.807, 2.05) is 6.92 Å². The minimum atomic E-state index is -2.52. The Morgan fingerprint density at radius 2 is 2.14 bits per heavy atom. The summed E-state index contributed by atoms with van der Waals surface area (Å²) < 4.78 is 26.0. The zero-order valence-corrected chi connectivity index (χ0v) is 12.0. The molecule has 1 aromatic rings. The number of aryl methyl sites for hydroxylation is 1. The van der Waals surface area contributed by atoms with Gasteiger partial charge in [0.2, 0.25) is 5.92 Å². The maximum absolute atomic E-state index is 13.0. The number of carbonyl (C=O) groups is 1. The van der Waals surface area contributed by atoms with Crippen molar-refractivity contribution in [2.75, 3.05) is 11.9 Å². The molecule has 1 aromatic heterocycles. The Kier molecular flexibility index (Phi) is 5.03. The van der Waals surface area contributed by atoms with E-state index in [0.29, 0.717) is 30.9 Å². The molecule has 0 unspecified atom stereocenters. The van der Waals surface area contributed by atoms with E-state index in [-0.39, 0.29) is 24.8 Å². The van der Waals surface area contributed by atoms with Gasteiger partial charge in [0.25, 0.3) is 0 Å². The van der Waals surface area contributed by atoms with Gasteiger partial charge in [0.15, 0.2) is 0 Å². The molecule has 0 spiro atoms. The lowest BCUT2D eigenvalue weighted by Crippen LogP contribution is -2.30. The lowest BCUT2D eigenvalue weighted by molar-refractivity contribution is 0.00478. The number of halogens is 2. The molecule has 0 saturated heterocycles. The standard InChI is InChI=1S/C14H20F2N4O/c1-2-12-18-8-11(9-19-12)20-13(21)17-6-4-10-3-5-14(15,16)7-10/h8-10H,2-7H2,1H3,(H2,17,20,21)/t10-/m1/s1. The van der Waals surface area contributed by atoms with Crippen LogP contribution in [0.5, 0.6) is 0 Å². The van der Waals surface area contributed by atoms with Gasteiger partial charge in [-0.25, -0.2) is 23.5 Å². The first-order chi connectivity index (χ1) is 9.98. The Bertz CT molecular complexity index is 478. The molecule has 7 heteroatoms. The van der Waals surface area contributed by atoms with Crippen LogP contribution in [0, 0.1) is 5.92 Å². The van der Waals surface area contributed by atoms with Crippen molar-refractivity contribution in [3.8, 4) is 0 Å². The van der Waals surface area contributed by atoms with Gasteiger partial charge in [-0.3, -0.25) is 0 Å². The first-order valence-corrected chi connectivity index (χ1v) is 7.22. The number of nitrogens with zero attached hydrogens (tertiary/aromatic N) is 2. The van der Waals surface area contributed by atoms with E-state index < -0.39 is 5.92 Å². The van der Waals surface area contributed by atoms with Crippen LogP contribution in [0.2, 0.25) is 0 Å². The largest absolute Gasteiger partial charge is 0.338 e. The summed E-state index contributed by atoms with van der Waals surface area (Å²) in [5.41, 5.74) is 0.511. The molecule has 2 rings (SSSR count). The fraction of sp³-hybridized carbons (Fsp3) is 0.643. The van der Waals surface area contributed by atoms with E-state index in [4.69, 9.17) is 0 Å². The highest BCUT2D eigenvalue weighted by atomic mass is 19.3. The van der Waals surface area contributed by atoms with E-state index >= 15 is 0 Å². The van der Waals surface area contributed by atoms with Crippen molar-refractivity contribution in [2.24, 2.45) is 5.92 Å². The van der Waals surface area contributed by atoms with Crippen LogP contribution in [0.25, 0.3) is 0 Å². The van der Waals surface area contributed by atoms with E-state index in [2.05, 4.69) is 20.6 Å². The van der Waals surface area contributed by atoms with E-state index in [1.165, 1.54) is 0 Å². The Morgan fingerprint density at radius 1 is 1.43 bits per heavy atom. The number of urea groups is 1. The summed E-state index contributed by atoms with van der Waals surface area (Å²) in [6.07, 6.45) is 4.83. The van der Waals surface area contributed by atoms with Gasteiger partial charge in [-0.15, -0.1) is 0 Å². The lowest BCUT2D eigenvalue weighted by atomic mass is 10.0. The van der Waals surface area contributed by atoms with E-state index in [0.717, 1.165) is 6.42 Å². The Hall–Kier alpha value is -1.79. The van der Waals surface area contributed by atoms with Crippen LogP contribution < -0.4 is 10.6 Å². The molecule has 116 valence electrons. The van der Waals surface area contributed by atoms with Crippen LogP contribution >= 0.6 is 0 Å². The molecule has 1 saturated carbocycles. The highest BCUT2D eigenvalue weighted by Crippen LogP contribution is 2.39. The quantitative estimate of drug-likeness (QED) is 0.878. The molecule has 0 aromatic carbocycles. The van der Waals surface area contributed by atoms with Gasteiger partial charge in [-0.2, -0.15) is 0 Å². The lowest BCUT2D eigenvalue weighted by Gasteiger charge is -2.11. The first-order valence-electron chi connectivity index (χ1n) is 7.22. The van der Waals surface area contributed by atoms with Gasteiger partial charge >= 0.3 is 6.03 Å². The topological polar surface area (TPSA) is 66.9 Å². The molecule has 0 aliphatic heterocycles. The number of aromatic nitrogens is 2. The number of hydrogen-bond acceptors (Lipinski definition) is 3. The van der Waals surface area contributed by atoms with Gasteiger partial charge in [0, 0.05) is 25.8 Å². The third-order valence-electron chi connectivity index (χ3n) is 3.62. The van der Waals surface area contributed by atoms with Gasteiger partial charge in [-0.1, -0.05) is 6.92 Å². The van der Waals surface area contributed by atoms with Crippen LogP contribution in [-0.4, -0.2) is 28.5 Å². The van der Waals surface area contributed by atoms with Crippen molar-refractivity contribution in [2.45, 2.75) is 45.0 Å². The third-order valence-corrected chi connectivity index (χ3v) is 3.62. The Balaban J connectivity index is 1.67. The molecular formula is C14H20F2N4O. The molecule has 2 amide bonds. The summed E-state index contributed by atoms with van der Waals surface area (Å²) in [7, 11) is 0. The molecule has 1 fully saturated rings. The van der Waals surface area contributed by atoms with Crippen LogP contribution in [0.1, 0.15) is 38.4 Å². The van der Waals surface area contributed by atoms with Crippen LogP contribution in [-0.2, 0) is 6.42 Å². The summed E-state index contributed by atoms with van der Waals surface area (Å²) in [4.78, 5) is 19.8. The summed E-state index contributed by atoms with van der Waals surface area (Å²) in [5, 5.41) is 5.28. The Labute approximate surface area is 122 Å². The van der Waals surface area contributed by atoms with E-state index in [1.54, 1.807) is 12.4 Å². The minimum Gasteiger partial charge on any atom is -0.338 e. The molecule has 1 aliphatic rings. The Morgan fingerprint density at radius 3 is 2.71 bits per heavy atom. The number of alkyl halides is 2. The van der Waals surface area contributed by atoms with Gasteiger partial charge in [0.05, 0.1) is 18.1 Å². The number of amides is 2. The maximum atomic E-state index is 13.0. The van der Waals surface area contributed by atoms with Crippen molar-refractivity contribution in [1.29, 1.82) is 0 Å². The fourth-order valence-corrected chi connectivity index (χ4v) is 2.46. The second-order valence-corrected chi connectivity index (χ2v) is 5.38. The average Bonchev–Trinajstić information content (AvgIpc) is 2.79. The number of anilines is 1.